The fourth-order valence-corrected chi connectivity index (χ4v) is 2.40. The number of guanidine groups is 1. The maximum atomic E-state index is 11.8. The van der Waals surface area contributed by atoms with Gasteiger partial charge in [0.15, 0.2) is 5.96 Å². The van der Waals surface area contributed by atoms with Gasteiger partial charge in [0, 0.05) is 38.0 Å². The molecule has 5 nitrogen and oxygen atoms in total. The Morgan fingerprint density at radius 3 is 2.54 bits per heavy atom. The molecule has 0 aliphatic carbocycles. The van der Waals surface area contributed by atoms with Crippen LogP contribution in [-0.4, -0.2) is 37.5 Å². The Kier molecular flexibility index (Phi) is 13.1. The molecule has 0 aliphatic heterocycles. The van der Waals surface area contributed by atoms with Crippen molar-refractivity contribution >= 4 is 35.8 Å². The van der Waals surface area contributed by atoms with Crippen molar-refractivity contribution in [2.45, 2.75) is 59.4 Å². The molecule has 0 aromatic heterocycles. The van der Waals surface area contributed by atoms with Gasteiger partial charge in [0.05, 0.1) is 0 Å². The van der Waals surface area contributed by atoms with Crippen LogP contribution >= 0.6 is 24.0 Å². The summed E-state index contributed by atoms with van der Waals surface area (Å²) in [7, 11) is 0. The highest BCUT2D eigenvalue weighted by atomic mass is 127. The highest BCUT2D eigenvalue weighted by Crippen LogP contribution is 2.16. The van der Waals surface area contributed by atoms with Gasteiger partial charge in [-0.3, -0.25) is 9.79 Å². The first kappa shape index (κ1) is 24.7. The molecule has 0 bridgehead atoms. The number of carbonyl (C=O) groups is 1. The SMILES string of the molecule is CCNC(=NCC(C)c1cccc(C)c1)NCCC(=O)NC(C)CC.I. The van der Waals surface area contributed by atoms with Crippen LogP contribution in [0, 0.1) is 6.92 Å². The fraction of sp³-hybridized carbons (Fsp3) is 0.600. The number of amides is 1. The zero-order valence-corrected chi connectivity index (χ0v) is 19.1. The van der Waals surface area contributed by atoms with Crippen molar-refractivity contribution in [1.82, 2.24) is 16.0 Å². The first-order valence-corrected chi connectivity index (χ1v) is 9.34. The second kappa shape index (κ2) is 13.8. The van der Waals surface area contributed by atoms with Gasteiger partial charge in [-0.1, -0.05) is 43.7 Å². The highest BCUT2D eigenvalue weighted by molar-refractivity contribution is 14.0. The number of hydrogen-bond donors (Lipinski definition) is 3. The van der Waals surface area contributed by atoms with Crippen LogP contribution in [0.2, 0.25) is 0 Å². The van der Waals surface area contributed by atoms with Crippen molar-refractivity contribution in [1.29, 1.82) is 0 Å². The van der Waals surface area contributed by atoms with E-state index in [-0.39, 0.29) is 35.9 Å². The first-order chi connectivity index (χ1) is 12.0. The summed E-state index contributed by atoms with van der Waals surface area (Å²) < 4.78 is 0. The molecule has 0 fully saturated rings. The molecule has 0 radical (unpaired) electrons. The van der Waals surface area contributed by atoms with Gasteiger partial charge in [-0.25, -0.2) is 0 Å². The average Bonchev–Trinajstić information content (AvgIpc) is 2.59. The third-order valence-electron chi connectivity index (χ3n) is 4.14. The number of nitrogens with one attached hydrogen (secondary N) is 3. The lowest BCUT2D eigenvalue weighted by molar-refractivity contribution is -0.121. The van der Waals surface area contributed by atoms with Crippen molar-refractivity contribution in [2.24, 2.45) is 4.99 Å². The molecule has 26 heavy (non-hydrogen) atoms. The fourth-order valence-electron chi connectivity index (χ4n) is 2.40. The summed E-state index contributed by atoms with van der Waals surface area (Å²) >= 11 is 0. The summed E-state index contributed by atoms with van der Waals surface area (Å²) in [6.45, 7) is 12.5. The first-order valence-electron chi connectivity index (χ1n) is 9.34. The third-order valence-corrected chi connectivity index (χ3v) is 4.14. The lowest BCUT2D eigenvalue weighted by Crippen LogP contribution is -2.40. The number of halogens is 1. The molecule has 2 unspecified atom stereocenters. The van der Waals surface area contributed by atoms with Crippen LogP contribution in [0.5, 0.6) is 0 Å². The molecular weight excluding hydrogens is 439 g/mol. The van der Waals surface area contributed by atoms with Crippen LogP contribution in [-0.2, 0) is 4.79 Å². The van der Waals surface area contributed by atoms with Gasteiger partial charge < -0.3 is 16.0 Å². The molecule has 1 aromatic carbocycles. The van der Waals surface area contributed by atoms with Gasteiger partial charge in [0.1, 0.15) is 0 Å². The molecule has 0 aliphatic rings. The molecule has 3 N–H and O–H groups in total. The lowest BCUT2D eigenvalue weighted by Gasteiger charge is -2.15. The zero-order valence-electron chi connectivity index (χ0n) is 16.8. The number of rotatable bonds is 9. The lowest BCUT2D eigenvalue weighted by atomic mass is 10.00. The van der Waals surface area contributed by atoms with E-state index in [2.05, 4.69) is 66.0 Å². The monoisotopic (exact) mass is 474 g/mol. The normalized spacial score (nSPS) is 13.3. The predicted octanol–water partition coefficient (Wildman–Crippen LogP) is 3.58. The molecule has 0 saturated heterocycles. The Hall–Kier alpha value is -1.31. The van der Waals surface area contributed by atoms with E-state index in [9.17, 15) is 4.79 Å². The van der Waals surface area contributed by atoms with Crippen LogP contribution in [0.25, 0.3) is 0 Å². The summed E-state index contributed by atoms with van der Waals surface area (Å²) in [5, 5.41) is 9.45. The van der Waals surface area contributed by atoms with E-state index in [1.165, 1.54) is 11.1 Å². The Morgan fingerprint density at radius 1 is 1.19 bits per heavy atom. The quantitative estimate of drug-likeness (QED) is 0.291. The topological polar surface area (TPSA) is 65.5 Å². The molecule has 0 spiro atoms. The van der Waals surface area contributed by atoms with Crippen molar-refractivity contribution in [2.75, 3.05) is 19.6 Å². The molecule has 1 aromatic rings. The van der Waals surface area contributed by atoms with Gasteiger partial charge in [-0.2, -0.15) is 0 Å². The van der Waals surface area contributed by atoms with Crippen LogP contribution in [0.3, 0.4) is 0 Å². The van der Waals surface area contributed by atoms with Gasteiger partial charge in [0.25, 0.3) is 0 Å². The smallest absolute Gasteiger partial charge is 0.221 e. The van der Waals surface area contributed by atoms with Crippen LogP contribution < -0.4 is 16.0 Å². The Morgan fingerprint density at radius 2 is 1.92 bits per heavy atom. The van der Waals surface area contributed by atoms with Gasteiger partial charge in [-0.05, 0) is 32.8 Å². The molecule has 2 atom stereocenters. The molecule has 0 saturated carbocycles. The summed E-state index contributed by atoms with van der Waals surface area (Å²) in [4.78, 5) is 16.5. The van der Waals surface area contributed by atoms with E-state index in [1.807, 2.05) is 13.8 Å². The predicted molar refractivity (Wildman–Crippen MR) is 122 cm³/mol. The minimum absolute atomic E-state index is 0. The molecular formula is C20H35IN4O. The molecule has 0 heterocycles. The second-order valence-electron chi connectivity index (χ2n) is 6.59. The third kappa shape index (κ3) is 9.99. The van der Waals surface area contributed by atoms with Crippen LogP contribution in [0.1, 0.15) is 57.6 Å². The van der Waals surface area contributed by atoms with E-state index in [1.54, 1.807) is 0 Å². The summed E-state index contributed by atoms with van der Waals surface area (Å²) in [6.07, 6.45) is 1.39. The number of nitrogens with zero attached hydrogens (tertiary/aromatic N) is 1. The largest absolute Gasteiger partial charge is 0.357 e. The number of hydrogen-bond acceptors (Lipinski definition) is 2. The second-order valence-corrected chi connectivity index (χ2v) is 6.59. The van der Waals surface area contributed by atoms with E-state index >= 15 is 0 Å². The summed E-state index contributed by atoms with van der Waals surface area (Å²) in [6, 6.07) is 8.77. The van der Waals surface area contributed by atoms with Gasteiger partial charge >= 0.3 is 0 Å². The minimum atomic E-state index is 0. The Labute approximate surface area is 175 Å². The maximum absolute atomic E-state index is 11.8. The van der Waals surface area contributed by atoms with Crippen molar-refractivity contribution in [3.8, 4) is 0 Å². The number of benzene rings is 1. The van der Waals surface area contributed by atoms with Gasteiger partial charge in [-0.15, -0.1) is 24.0 Å². The molecule has 1 rings (SSSR count). The van der Waals surface area contributed by atoms with Gasteiger partial charge in [0.2, 0.25) is 5.91 Å². The van der Waals surface area contributed by atoms with Crippen LogP contribution in [0.4, 0.5) is 0 Å². The number of aliphatic imine (C=N–C) groups is 1. The Bertz CT molecular complexity index is 562. The molecule has 148 valence electrons. The minimum Gasteiger partial charge on any atom is -0.357 e. The molecule has 6 heteroatoms. The summed E-state index contributed by atoms with van der Waals surface area (Å²) in [5.74, 6) is 1.19. The Balaban J connectivity index is 0.00000625. The standard InChI is InChI=1S/C20H34N4O.HI/c1-6-17(5)24-19(25)11-12-22-20(21-7-2)23-14-16(4)18-10-8-9-15(3)13-18;/h8-10,13,16-17H,6-7,11-12,14H2,1-5H3,(H,24,25)(H2,21,22,23);1H. The highest BCUT2D eigenvalue weighted by Gasteiger charge is 2.07. The summed E-state index contributed by atoms with van der Waals surface area (Å²) in [5.41, 5.74) is 2.57. The number of aryl methyl sites for hydroxylation is 1. The zero-order chi connectivity index (χ0) is 18.7. The van der Waals surface area contributed by atoms with Crippen molar-refractivity contribution < 1.29 is 4.79 Å². The van der Waals surface area contributed by atoms with E-state index in [0.29, 0.717) is 25.4 Å². The van der Waals surface area contributed by atoms with Crippen LogP contribution in [0.15, 0.2) is 29.3 Å². The average molecular weight is 474 g/mol. The van der Waals surface area contributed by atoms with E-state index in [4.69, 9.17) is 0 Å². The van der Waals surface area contributed by atoms with E-state index < -0.39 is 0 Å². The van der Waals surface area contributed by atoms with Crippen molar-refractivity contribution in [3.63, 3.8) is 0 Å². The van der Waals surface area contributed by atoms with E-state index in [0.717, 1.165) is 18.9 Å². The number of carbonyl (C=O) groups excluding carboxylic acids is 1. The maximum Gasteiger partial charge on any atom is 0.221 e. The molecule has 1 amide bonds. The van der Waals surface area contributed by atoms with Crippen molar-refractivity contribution in [3.05, 3.63) is 35.4 Å².